The molecule has 1 radical (unpaired) electrons. The number of nitrogens with zero attached hydrogens (tertiary/aromatic N) is 1. The van der Waals surface area contributed by atoms with Gasteiger partial charge < -0.3 is 16.9 Å². The van der Waals surface area contributed by atoms with E-state index in [9.17, 15) is 9.90 Å². The summed E-state index contributed by atoms with van der Waals surface area (Å²) in [7, 11) is 0. The van der Waals surface area contributed by atoms with Crippen LogP contribution >= 0.6 is 0 Å². The Bertz CT molecular complexity index is 593. The van der Waals surface area contributed by atoms with Crippen molar-refractivity contribution in [3.05, 3.63) is 54.5 Å². The molecule has 1 aliphatic heterocycles. The van der Waals surface area contributed by atoms with Gasteiger partial charge in [0, 0.05) is 39.3 Å². The van der Waals surface area contributed by atoms with Gasteiger partial charge in [0.2, 0.25) is 5.91 Å². The third-order valence-electron chi connectivity index (χ3n) is 5.66. The maximum Gasteiger partial charge on any atom is 0.225 e. The van der Waals surface area contributed by atoms with Crippen molar-refractivity contribution in [2.45, 2.75) is 63.5 Å². The second kappa shape index (κ2) is 10.7. The predicted octanol–water partition coefficient (Wildman–Crippen LogP) is 4.74. The van der Waals surface area contributed by atoms with Gasteiger partial charge in [-0.2, -0.15) is 6.42 Å². The summed E-state index contributed by atoms with van der Waals surface area (Å²) in [5, 5.41) is 10.6. The van der Waals surface area contributed by atoms with E-state index in [1.54, 1.807) is 0 Å². The SMILES string of the molecule is [CH2-]CCC=CCN1C(=O)C[C@@H]1c1ccc(C(O)C2CCCCC2)cc1.[Y]. The number of aliphatic hydroxyl groups excluding tert-OH is 1. The predicted molar refractivity (Wildman–Crippen MR) is 101 cm³/mol. The molecule has 1 aliphatic carbocycles. The number of β-lactam (4-membered cyclic amide) rings is 1. The van der Waals surface area contributed by atoms with Crippen LogP contribution in [-0.2, 0) is 37.5 Å². The first-order valence-corrected chi connectivity index (χ1v) is 9.72. The number of amides is 1. The normalized spacial score (nSPS) is 22.2. The van der Waals surface area contributed by atoms with Crippen molar-refractivity contribution in [1.29, 1.82) is 0 Å². The Morgan fingerprint density at radius 2 is 1.85 bits per heavy atom. The van der Waals surface area contributed by atoms with Crippen LogP contribution in [0.25, 0.3) is 0 Å². The first kappa shape index (κ1) is 21.8. The monoisotopic (exact) mass is 429 g/mol. The fourth-order valence-corrected chi connectivity index (χ4v) is 4.04. The number of hydrogen-bond acceptors (Lipinski definition) is 2. The van der Waals surface area contributed by atoms with Crippen LogP contribution in [0, 0.1) is 12.8 Å². The van der Waals surface area contributed by atoms with E-state index in [0.717, 1.165) is 31.2 Å². The molecule has 26 heavy (non-hydrogen) atoms. The van der Waals surface area contributed by atoms with Gasteiger partial charge in [0.05, 0.1) is 18.6 Å². The zero-order valence-corrected chi connectivity index (χ0v) is 18.5. The number of carbonyl (C=O) groups excluding carboxylic acids is 1. The molecule has 2 atom stereocenters. The van der Waals surface area contributed by atoms with Crippen molar-refractivity contribution in [3.63, 3.8) is 0 Å². The molecule has 1 saturated carbocycles. The fraction of sp³-hybridized carbons (Fsp3) is 0.545. The van der Waals surface area contributed by atoms with Gasteiger partial charge in [0.15, 0.2) is 0 Å². The van der Waals surface area contributed by atoms with Crippen LogP contribution in [0.2, 0.25) is 0 Å². The summed E-state index contributed by atoms with van der Waals surface area (Å²) in [6, 6.07) is 8.45. The first-order chi connectivity index (χ1) is 12.2. The van der Waals surface area contributed by atoms with E-state index >= 15 is 0 Å². The van der Waals surface area contributed by atoms with E-state index in [-0.39, 0.29) is 50.8 Å². The second-order valence-corrected chi connectivity index (χ2v) is 7.39. The average molecular weight is 429 g/mol. The standard InChI is InChI=1S/C22H30NO2.Y/c1-2-3-4-8-15-23-20(16-21(23)24)17-11-13-19(14-12-17)22(25)18-9-6-5-7-10-18;/h4,8,11-14,18,20,22,25H,1-3,5-7,9-10,15-16H2;/q-1;/t20-,22?;/m1./s1. The van der Waals surface area contributed by atoms with Gasteiger partial charge in [0.25, 0.3) is 0 Å². The zero-order valence-electron chi connectivity index (χ0n) is 15.6. The minimum Gasteiger partial charge on any atom is -0.388 e. The summed E-state index contributed by atoms with van der Waals surface area (Å²) in [5.41, 5.74) is 2.19. The average Bonchev–Trinajstić information content (AvgIpc) is 2.66. The zero-order chi connectivity index (χ0) is 17.6. The Labute approximate surface area is 183 Å². The summed E-state index contributed by atoms with van der Waals surface area (Å²) in [5.74, 6) is 0.621. The quantitative estimate of drug-likeness (QED) is 0.386. The molecule has 139 valence electrons. The number of allylic oxidation sites excluding steroid dienone is 1. The van der Waals surface area contributed by atoms with Crippen LogP contribution in [-0.4, -0.2) is 22.5 Å². The number of hydrogen-bond donors (Lipinski definition) is 1. The van der Waals surface area contributed by atoms with Crippen molar-refractivity contribution in [3.8, 4) is 0 Å². The maximum absolute atomic E-state index is 11.9. The van der Waals surface area contributed by atoms with E-state index in [1.165, 1.54) is 24.8 Å². The molecule has 0 bridgehead atoms. The van der Waals surface area contributed by atoms with Gasteiger partial charge >= 0.3 is 0 Å². The topological polar surface area (TPSA) is 40.5 Å². The molecule has 2 aliphatic rings. The smallest absolute Gasteiger partial charge is 0.225 e. The van der Waals surface area contributed by atoms with Crippen LogP contribution in [0.3, 0.4) is 0 Å². The van der Waals surface area contributed by atoms with Crippen molar-refractivity contribution >= 4 is 5.91 Å². The summed E-state index contributed by atoms with van der Waals surface area (Å²) in [4.78, 5) is 13.8. The molecule has 1 saturated heterocycles. The van der Waals surface area contributed by atoms with Gasteiger partial charge in [0.1, 0.15) is 0 Å². The van der Waals surface area contributed by atoms with Gasteiger partial charge in [-0.1, -0.05) is 62.1 Å². The first-order valence-electron chi connectivity index (χ1n) is 9.72. The second-order valence-electron chi connectivity index (χ2n) is 7.39. The molecule has 3 nitrogen and oxygen atoms in total. The number of unbranched alkanes of at least 4 members (excludes halogenated alkanes) is 1. The fourth-order valence-electron chi connectivity index (χ4n) is 4.04. The molecular formula is C22H30NO2Y-. The van der Waals surface area contributed by atoms with Gasteiger partial charge in [-0.15, -0.1) is 0 Å². The number of rotatable bonds is 7. The Morgan fingerprint density at radius 3 is 2.46 bits per heavy atom. The van der Waals surface area contributed by atoms with Gasteiger partial charge in [-0.25, -0.2) is 0 Å². The Hall–Kier alpha value is -0.506. The van der Waals surface area contributed by atoms with Crippen LogP contribution in [0.5, 0.6) is 0 Å². The molecule has 4 heteroatoms. The van der Waals surface area contributed by atoms with E-state index in [4.69, 9.17) is 0 Å². The summed E-state index contributed by atoms with van der Waals surface area (Å²) in [6.45, 7) is 4.49. The molecule has 1 aromatic rings. The molecule has 1 heterocycles. The van der Waals surface area contributed by atoms with E-state index in [1.807, 2.05) is 17.0 Å². The number of benzene rings is 1. The van der Waals surface area contributed by atoms with E-state index in [2.05, 4.69) is 31.2 Å². The van der Waals surface area contributed by atoms with Crippen molar-refractivity contribution in [2.75, 3.05) is 6.54 Å². The Balaban J connectivity index is 0.00000243. The third-order valence-corrected chi connectivity index (χ3v) is 5.66. The number of carbonyl (C=O) groups is 1. The van der Waals surface area contributed by atoms with Gasteiger partial charge in [-0.3, -0.25) is 4.79 Å². The molecule has 2 fully saturated rings. The minimum atomic E-state index is -0.348. The molecule has 3 rings (SSSR count). The third kappa shape index (κ3) is 5.27. The van der Waals surface area contributed by atoms with Crippen molar-refractivity contribution in [2.24, 2.45) is 5.92 Å². The van der Waals surface area contributed by atoms with Crippen LogP contribution in [0.4, 0.5) is 0 Å². The van der Waals surface area contributed by atoms with Crippen LogP contribution < -0.4 is 0 Å². The Kier molecular flexibility index (Phi) is 8.99. The maximum atomic E-state index is 11.9. The largest absolute Gasteiger partial charge is 0.388 e. The van der Waals surface area contributed by atoms with Crippen LogP contribution in [0.1, 0.15) is 74.6 Å². The molecule has 0 spiro atoms. The molecule has 1 unspecified atom stereocenters. The molecule has 0 aromatic heterocycles. The summed E-state index contributed by atoms with van der Waals surface area (Å²) >= 11 is 0. The van der Waals surface area contributed by atoms with Crippen molar-refractivity contribution < 1.29 is 42.6 Å². The van der Waals surface area contributed by atoms with E-state index < -0.39 is 0 Å². The Morgan fingerprint density at radius 1 is 1.15 bits per heavy atom. The van der Waals surface area contributed by atoms with Crippen molar-refractivity contribution in [1.82, 2.24) is 4.90 Å². The molecule has 1 aromatic carbocycles. The molecular weight excluding hydrogens is 399 g/mol. The van der Waals surface area contributed by atoms with E-state index in [0.29, 0.717) is 18.9 Å². The van der Waals surface area contributed by atoms with Gasteiger partial charge in [-0.05, 0) is 29.9 Å². The summed E-state index contributed by atoms with van der Waals surface area (Å²) < 4.78 is 0. The number of aliphatic hydroxyl groups is 1. The molecule has 1 amide bonds. The number of likely N-dealkylation sites (tertiary alicyclic amines) is 1. The minimum absolute atomic E-state index is 0. The summed E-state index contributed by atoms with van der Waals surface area (Å²) in [6.07, 6.45) is 12.3. The van der Waals surface area contributed by atoms with Crippen LogP contribution in [0.15, 0.2) is 36.4 Å². The molecule has 1 N–H and O–H groups in total.